The topological polar surface area (TPSA) is 135 Å². The first-order valence-electron chi connectivity index (χ1n) is 14.9. The Kier molecular flexibility index (Phi) is 14.8. The lowest BCUT2D eigenvalue weighted by Crippen LogP contribution is -2.18. The van der Waals surface area contributed by atoms with Crippen molar-refractivity contribution in [2.75, 3.05) is 31.9 Å². The second-order valence-corrected chi connectivity index (χ2v) is 14.7. The summed E-state index contributed by atoms with van der Waals surface area (Å²) < 4.78 is 90.4. The number of aromatic nitrogens is 4. The average molecular weight is 678 g/mol. The zero-order valence-corrected chi connectivity index (χ0v) is 26.9. The van der Waals surface area contributed by atoms with E-state index in [1.54, 1.807) is 23.7 Å². The van der Waals surface area contributed by atoms with E-state index in [9.17, 15) is 28.9 Å². The van der Waals surface area contributed by atoms with Crippen LogP contribution in [0, 0.1) is 11.2 Å². The number of nitrogens with two attached hydrogens (primary N) is 1. The minimum absolute atomic E-state index is 0.0140. The predicted molar refractivity (Wildman–Crippen MR) is 163 cm³/mol. The van der Waals surface area contributed by atoms with Crippen LogP contribution in [-0.4, -0.2) is 56.7 Å². The minimum atomic E-state index is -9.58. The summed E-state index contributed by atoms with van der Waals surface area (Å²) in [5, 5.41) is 0.245. The van der Waals surface area contributed by atoms with Crippen LogP contribution >= 0.6 is 17.8 Å². The quantitative estimate of drug-likeness (QED) is 0.0515. The molecule has 2 atom stereocenters. The molecule has 254 valence electrons. The zero-order chi connectivity index (χ0) is 32.6. The lowest BCUT2D eigenvalue weighted by atomic mass is 10.0. The maximum Gasteiger partial charge on any atom is 0.353 e. The number of hydrogen-bond donors (Lipinski definition) is 2. The normalized spacial score (nSPS) is 15.7. The minimum Gasteiger partial charge on any atom is -0.382 e. The lowest BCUT2D eigenvalue weighted by molar-refractivity contribution is 0.0610. The fourth-order valence-corrected chi connectivity index (χ4v) is 5.59. The third-order valence-electron chi connectivity index (χ3n) is 6.53. The van der Waals surface area contributed by atoms with Crippen molar-refractivity contribution in [1.29, 1.82) is 0 Å². The molecular formula is C27H45F5N5O5PS. The van der Waals surface area contributed by atoms with Gasteiger partial charge in [-0.15, -0.1) is 0 Å². The van der Waals surface area contributed by atoms with Crippen molar-refractivity contribution in [3.8, 4) is 11.2 Å². The molecule has 2 rings (SSSR count). The molecular weight excluding hydrogens is 632 g/mol. The number of hydrogen-bond acceptors (Lipinski definition) is 8. The van der Waals surface area contributed by atoms with Crippen molar-refractivity contribution in [2.24, 2.45) is 0 Å². The Bertz CT molecular complexity index is 1260. The molecule has 0 radical (unpaired) electrons. The summed E-state index contributed by atoms with van der Waals surface area (Å²) in [6.07, 6.45) is 13.3. The molecule has 0 saturated heterocycles. The van der Waals surface area contributed by atoms with Gasteiger partial charge in [0, 0.05) is 13.0 Å². The fourth-order valence-electron chi connectivity index (χ4n) is 4.33. The lowest BCUT2D eigenvalue weighted by Gasteiger charge is -2.33. The van der Waals surface area contributed by atoms with Gasteiger partial charge in [-0.2, -0.15) is 0 Å². The molecule has 0 aromatic carbocycles. The van der Waals surface area contributed by atoms with E-state index in [0.717, 1.165) is 64.2 Å². The molecule has 0 aliphatic heterocycles. The molecule has 1 unspecified atom stereocenters. The van der Waals surface area contributed by atoms with Crippen LogP contribution in [0.3, 0.4) is 0 Å². The van der Waals surface area contributed by atoms with Crippen LogP contribution in [0.5, 0.6) is 0 Å². The number of fused-ring (bicyclic) bond motifs is 1. The number of rotatable bonds is 23. The van der Waals surface area contributed by atoms with Crippen LogP contribution in [0.1, 0.15) is 90.4 Å². The number of anilines is 1. The van der Waals surface area contributed by atoms with Gasteiger partial charge in [0.05, 0.1) is 37.4 Å². The molecule has 0 aliphatic carbocycles. The molecule has 0 aliphatic rings. The van der Waals surface area contributed by atoms with Gasteiger partial charge in [0.15, 0.2) is 11.5 Å². The first kappa shape index (κ1) is 38.2. The largest absolute Gasteiger partial charge is 0.382 e. The molecule has 3 N–H and O–H groups in total. The number of imidazole rings is 1. The van der Waals surface area contributed by atoms with Gasteiger partial charge in [0.2, 0.25) is 0 Å². The van der Waals surface area contributed by atoms with Crippen LogP contribution in [0.25, 0.3) is 11.2 Å². The van der Waals surface area contributed by atoms with E-state index in [1.807, 2.05) is 0 Å². The van der Waals surface area contributed by atoms with E-state index in [2.05, 4.69) is 15.0 Å². The highest BCUT2D eigenvalue weighted by atomic mass is 32.5. The van der Waals surface area contributed by atoms with E-state index in [4.69, 9.17) is 19.7 Å². The van der Waals surface area contributed by atoms with Crippen LogP contribution in [0.15, 0.2) is 12.7 Å². The van der Waals surface area contributed by atoms with E-state index in [0.29, 0.717) is 37.2 Å². The van der Waals surface area contributed by atoms with Gasteiger partial charge in [0.1, 0.15) is 18.2 Å². The Morgan fingerprint density at radius 1 is 0.909 bits per heavy atom. The smallest absolute Gasteiger partial charge is 0.353 e. The second kappa shape index (κ2) is 17.1. The van der Waals surface area contributed by atoms with Crippen molar-refractivity contribution in [3.05, 3.63) is 12.7 Å². The summed E-state index contributed by atoms with van der Waals surface area (Å²) in [7, 11) is -13.5. The number of nitrogens with zero attached hydrogens (tertiary/aromatic N) is 4. The summed E-state index contributed by atoms with van der Waals surface area (Å²) in [5.74, 6) is 1.84. The summed E-state index contributed by atoms with van der Waals surface area (Å²) in [6.45, 7) is 2.85. The highest BCUT2D eigenvalue weighted by molar-refractivity contribution is 8.49. The van der Waals surface area contributed by atoms with Crippen LogP contribution in [0.4, 0.5) is 25.2 Å². The predicted octanol–water partition coefficient (Wildman–Crippen LogP) is 8.32. The van der Waals surface area contributed by atoms with Gasteiger partial charge in [-0.1, -0.05) is 89.6 Å². The van der Waals surface area contributed by atoms with Gasteiger partial charge < -0.3 is 29.2 Å². The molecule has 10 nitrogen and oxygen atoms in total. The van der Waals surface area contributed by atoms with Crippen molar-refractivity contribution < 1.29 is 42.9 Å². The van der Waals surface area contributed by atoms with E-state index >= 15 is 0 Å². The highest BCUT2D eigenvalue weighted by Crippen LogP contribution is 2.97. The maximum atomic E-state index is 12.2. The molecule has 2 aromatic heterocycles. The molecule has 0 amide bonds. The fraction of sp³-hybridized carbons (Fsp3) is 0.741. The molecule has 2 heterocycles. The van der Waals surface area contributed by atoms with Crippen LogP contribution in [0.2, 0.25) is 0 Å². The van der Waals surface area contributed by atoms with Gasteiger partial charge in [-0.25, -0.2) is 15.0 Å². The van der Waals surface area contributed by atoms with Crippen molar-refractivity contribution in [1.82, 2.24) is 19.5 Å². The summed E-state index contributed by atoms with van der Waals surface area (Å²) in [6, 6.07) is 0. The molecule has 0 bridgehead atoms. The molecule has 0 saturated carbocycles. The molecule has 0 spiro atoms. The summed E-state index contributed by atoms with van der Waals surface area (Å²) >= 11 is 0. The molecule has 44 heavy (non-hydrogen) atoms. The number of halogens is 5. The van der Waals surface area contributed by atoms with Crippen molar-refractivity contribution in [3.63, 3.8) is 0 Å². The third kappa shape index (κ3) is 18.1. The van der Waals surface area contributed by atoms with Gasteiger partial charge in [0.25, 0.3) is 0 Å². The number of ether oxygens (including phenoxy) is 2. The van der Waals surface area contributed by atoms with Crippen LogP contribution in [-0.2, 0) is 25.1 Å². The van der Waals surface area contributed by atoms with Gasteiger partial charge >= 0.3 is 17.8 Å². The van der Waals surface area contributed by atoms with Crippen molar-refractivity contribution >= 4 is 34.8 Å². The Labute approximate surface area is 255 Å². The van der Waals surface area contributed by atoms with E-state index in [1.165, 1.54) is 6.33 Å². The third-order valence-corrected chi connectivity index (χ3v) is 8.12. The summed E-state index contributed by atoms with van der Waals surface area (Å²) in [5.41, 5.74) is 6.82. The second-order valence-electron chi connectivity index (χ2n) is 10.8. The van der Waals surface area contributed by atoms with Gasteiger partial charge in [-0.05, 0) is 19.8 Å². The van der Waals surface area contributed by atoms with E-state index < -0.39 is 30.3 Å². The number of nitrogen functional groups attached to an aromatic ring is 1. The SMILES string of the molecule is C[C@H](Cn1cnc2c(N)ncnc21)OCP(=O)(O)OCCOCCCCCCCCCCCCCCC#CS(F)(F)(F)(F)F. The Morgan fingerprint density at radius 2 is 1.50 bits per heavy atom. The first-order valence-corrected chi connectivity index (χ1v) is 18.6. The molecule has 17 heteroatoms. The maximum absolute atomic E-state index is 12.2. The Morgan fingerprint density at radius 3 is 2.11 bits per heavy atom. The monoisotopic (exact) mass is 677 g/mol. The average Bonchev–Trinajstić information content (AvgIpc) is 3.33. The Balaban J connectivity index is 1.36. The first-order chi connectivity index (χ1) is 20.5. The Hall–Kier alpha value is -2.02. The molecule has 2 aromatic rings. The summed E-state index contributed by atoms with van der Waals surface area (Å²) in [4.78, 5) is 22.2. The molecule has 0 fully saturated rings. The zero-order valence-electron chi connectivity index (χ0n) is 25.2. The van der Waals surface area contributed by atoms with Gasteiger partial charge in [-0.3, -0.25) is 4.57 Å². The van der Waals surface area contributed by atoms with E-state index in [-0.39, 0.29) is 30.7 Å². The van der Waals surface area contributed by atoms with Crippen LogP contribution < -0.4 is 5.73 Å². The highest BCUT2D eigenvalue weighted by Gasteiger charge is 2.62. The standard InChI is InChI=1S/C27H45F5N5O5PS/c1-24(20-37-22-36-25-26(33)34-21-35-27(25)37)41-23-43(38,39)42-18-17-40-16-14-12-10-8-6-4-2-3-5-7-9-11-13-15-19-44(28,29,30,31)32/h21-22,24H,2-14,16-18,20,23H2,1H3,(H,38,39)(H2,33,34,35)/t24-/m1/s1. The van der Waals surface area contributed by atoms with Crippen molar-refractivity contribution in [2.45, 2.75) is 103 Å². The number of unbranched alkanes of at least 4 members (excludes halogenated alkanes) is 12.